The first-order valence-electron chi connectivity index (χ1n) is 6.70. The Morgan fingerprint density at radius 3 is 2.19 bits per heavy atom. The average molecular weight is 320 g/mol. The number of nitrogens with one attached hydrogen (secondary N) is 1. The summed E-state index contributed by atoms with van der Waals surface area (Å²) in [4.78, 5) is 12.4. The van der Waals surface area contributed by atoms with Gasteiger partial charge >= 0.3 is 12.4 Å². The molecule has 21 heavy (non-hydrogen) atoms. The quantitative estimate of drug-likeness (QED) is 0.808. The van der Waals surface area contributed by atoms with Crippen LogP contribution in [-0.4, -0.2) is 49.3 Å². The van der Waals surface area contributed by atoms with Gasteiger partial charge in [0.25, 0.3) is 0 Å². The van der Waals surface area contributed by atoms with Crippen molar-refractivity contribution < 1.29 is 31.1 Å². The molecule has 1 fully saturated rings. The van der Waals surface area contributed by atoms with Crippen LogP contribution in [0.1, 0.15) is 19.8 Å². The molecule has 1 heterocycles. The zero-order valence-electron chi connectivity index (χ0n) is 11.5. The molecule has 0 aliphatic carbocycles. The molecule has 1 N–H and O–H groups in total. The molecule has 1 amide bonds. The lowest BCUT2D eigenvalue weighted by molar-refractivity contribution is -0.277. The first kappa shape index (κ1) is 18.1. The minimum atomic E-state index is -5.63. The van der Waals surface area contributed by atoms with E-state index in [0.29, 0.717) is 17.9 Å². The van der Waals surface area contributed by atoms with Crippen LogP contribution in [0.15, 0.2) is 0 Å². The Morgan fingerprint density at radius 1 is 1.24 bits per heavy atom. The molecular weight excluding hydrogens is 302 g/mol. The van der Waals surface area contributed by atoms with E-state index in [2.05, 4.69) is 5.32 Å². The van der Waals surface area contributed by atoms with E-state index in [1.165, 1.54) is 6.92 Å². The van der Waals surface area contributed by atoms with Crippen molar-refractivity contribution in [3.8, 4) is 0 Å². The number of carbonyl (C=O) groups excluding carboxylic acids is 1. The average Bonchev–Trinajstić information content (AvgIpc) is 2.33. The molecule has 3 nitrogen and oxygen atoms in total. The van der Waals surface area contributed by atoms with Gasteiger partial charge in [-0.3, -0.25) is 4.79 Å². The fourth-order valence-corrected chi connectivity index (χ4v) is 2.41. The van der Waals surface area contributed by atoms with Gasteiger partial charge in [-0.2, -0.15) is 26.3 Å². The van der Waals surface area contributed by atoms with Crippen molar-refractivity contribution in [2.45, 2.75) is 32.1 Å². The predicted molar refractivity (Wildman–Crippen MR) is 63.4 cm³/mol. The topological polar surface area (TPSA) is 32.3 Å². The second-order valence-electron chi connectivity index (χ2n) is 5.11. The highest BCUT2D eigenvalue weighted by Gasteiger charge is 2.62. The third kappa shape index (κ3) is 5.05. The summed E-state index contributed by atoms with van der Waals surface area (Å²) in [6, 6.07) is 0. The summed E-state index contributed by atoms with van der Waals surface area (Å²) in [6.45, 7) is 2.36. The molecule has 0 saturated carbocycles. The van der Waals surface area contributed by atoms with Gasteiger partial charge in [0.05, 0.1) is 0 Å². The van der Waals surface area contributed by atoms with Crippen molar-refractivity contribution >= 4 is 5.91 Å². The monoisotopic (exact) mass is 320 g/mol. The fraction of sp³-hybridized carbons (Fsp3) is 0.917. The van der Waals surface area contributed by atoms with Crippen LogP contribution in [0.2, 0.25) is 0 Å². The maximum atomic E-state index is 12.6. The van der Waals surface area contributed by atoms with Gasteiger partial charge < -0.3 is 10.2 Å². The van der Waals surface area contributed by atoms with Gasteiger partial charge in [-0.05, 0) is 38.8 Å². The molecule has 1 aliphatic rings. The van der Waals surface area contributed by atoms with E-state index in [9.17, 15) is 31.1 Å². The van der Waals surface area contributed by atoms with Crippen molar-refractivity contribution in [1.29, 1.82) is 0 Å². The minimum Gasteiger partial charge on any atom is -0.342 e. The molecule has 1 unspecified atom stereocenters. The van der Waals surface area contributed by atoms with Crippen molar-refractivity contribution in [1.82, 2.24) is 10.2 Å². The van der Waals surface area contributed by atoms with Crippen LogP contribution in [0.3, 0.4) is 0 Å². The Balaban J connectivity index is 2.83. The first-order chi connectivity index (χ1) is 9.57. The van der Waals surface area contributed by atoms with Crippen LogP contribution in [0.25, 0.3) is 0 Å². The molecule has 1 atom stereocenters. The summed E-state index contributed by atoms with van der Waals surface area (Å²) >= 11 is 0. The smallest absolute Gasteiger partial charge is 0.342 e. The Hall–Kier alpha value is -0.990. The Morgan fingerprint density at radius 2 is 1.81 bits per heavy atom. The standard InChI is InChI=1S/C12H18F6N2O/c1-2-20(7-8-4-3-5-19-6-8)10(21)9(11(13,14)15)12(16,17)18/h8-9,19H,2-7H2,1H3. The van der Waals surface area contributed by atoms with Crippen LogP contribution >= 0.6 is 0 Å². The van der Waals surface area contributed by atoms with Crippen molar-refractivity contribution in [2.24, 2.45) is 11.8 Å². The molecule has 0 aromatic heterocycles. The first-order valence-corrected chi connectivity index (χ1v) is 6.70. The van der Waals surface area contributed by atoms with Crippen LogP contribution in [-0.2, 0) is 4.79 Å². The number of carbonyl (C=O) groups is 1. The van der Waals surface area contributed by atoms with Gasteiger partial charge in [0.2, 0.25) is 11.8 Å². The number of halogens is 6. The molecule has 0 aromatic carbocycles. The Labute approximate surface area is 118 Å². The van der Waals surface area contributed by atoms with E-state index in [4.69, 9.17) is 0 Å². The zero-order chi connectivity index (χ0) is 16.3. The zero-order valence-corrected chi connectivity index (χ0v) is 11.5. The molecule has 1 saturated heterocycles. The molecule has 124 valence electrons. The summed E-state index contributed by atoms with van der Waals surface area (Å²) < 4.78 is 75.4. The van der Waals surface area contributed by atoms with Crippen LogP contribution < -0.4 is 5.32 Å². The summed E-state index contributed by atoms with van der Waals surface area (Å²) in [5.41, 5.74) is 0. The summed E-state index contributed by atoms with van der Waals surface area (Å²) in [5.74, 6) is -5.98. The third-order valence-electron chi connectivity index (χ3n) is 3.47. The second-order valence-corrected chi connectivity index (χ2v) is 5.11. The minimum absolute atomic E-state index is 0.0923. The third-order valence-corrected chi connectivity index (χ3v) is 3.47. The van der Waals surface area contributed by atoms with E-state index in [-0.39, 0.29) is 19.0 Å². The largest absolute Gasteiger partial charge is 0.409 e. The summed E-state index contributed by atoms with van der Waals surface area (Å²) in [6.07, 6.45) is -9.79. The van der Waals surface area contributed by atoms with Gasteiger partial charge in [-0.25, -0.2) is 0 Å². The van der Waals surface area contributed by atoms with E-state index < -0.39 is 24.2 Å². The number of hydrogen-bond donors (Lipinski definition) is 1. The highest BCUT2D eigenvalue weighted by Crippen LogP contribution is 2.40. The Bertz CT molecular complexity index is 335. The Kier molecular flexibility index (Phi) is 5.89. The number of piperidine rings is 1. The van der Waals surface area contributed by atoms with E-state index in [1.54, 1.807) is 0 Å². The van der Waals surface area contributed by atoms with E-state index >= 15 is 0 Å². The highest BCUT2D eigenvalue weighted by molar-refractivity contribution is 5.80. The second kappa shape index (κ2) is 6.85. The van der Waals surface area contributed by atoms with Crippen LogP contribution in [0, 0.1) is 11.8 Å². The van der Waals surface area contributed by atoms with E-state index in [1.807, 2.05) is 0 Å². The van der Waals surface area contributed by atoms with Gasteiger partial charge in [-0.1, -0.05) is 0 Å². The van der Waals surface area contributed by atoms with Gasteiger partial charge in [0.15, 0.2) is 0 Å². The molecular formula is C12H18F6N2O. The van der Waals surface area contributed by atoms with Crippen molar-refractivity contribution in [3.63, 3.8) is 0 Å². The molecule has 0 spiro atoms. The summed E-state index contributed by atoms with van der Waals surface area (Å²) in [5, 5.41) is 3.01. The predicted octanol–water partition coefficient (Wildman–Crippen LogP) is 2.58. The maximum Gasteiger partial charge on any atom is 0.409 e. The number of rotatable bonds is 4. The molecule has 1 rings (SSSR count). The SMILES string of the molecule is CCN(CC1CCCNC1)C(=O)C(C(F)(F)F)C(F)(F)F. The van der Waals surface area contributed by atoms with Crippen molar-refractivity contribution in [3.05, 3.63) is 0 Å². The fourth-order valence-electron chi connectivity index (χ4n) is 2.41. The van der Waals surface area contributed by atoms with Crippen LogP contribution in [0.4, 0.5) is 26.3 Å². The highest BCUT2D eigenvalue weighted by atomic mass is 19.4. The molecule has 1 aliphatic heterocycles. The lowest BCUT2D eigenvalue weighted by atomic mass is 9.98. The van der Waals surface area contributed by atoms with Gasteiger partial charge in [0.1, 0.15) is 0 Å². The lowest BCUT2D eigenvalue weighted by Crippen LogP contribution is -2.51. The molecule has 9 heteroatoms. The molecule has 0 radical (unpaired) electrons. The normalized spacial score (nSPS) is 20.7. The van der Waals surface area contributed by atoms with Gasteiger partial charge in [-0.15, -0.1) is 0 Å². The number of hydrogen-bond acceptors (Lipinski definition) is 2. The van der Waals surface area contributed by atoms with Crippen molar-refractivity contribution in [2.75, 3.05) is 26.2 Å². The van der Waals surface area contributed by atoms with Crippen LogP contribution in [0.5, 0.6) is 0 Å². The summed E-state index contributed by atoms with van der Waals surface area (Å²) in [7, 11) is 0. The maximum absolute atomic E-state index is 12.6. The molecule has 0 bridgehead atoms. The number of nitrogens with zero attached hydrogens (tertiary/aromatic N) is 1. The number of amides is 1. The number of alkyl halides is 6. The van der Waals surface area contributed by atoms with E-state index in [0.717, 1.165) is 13.0 Å². The lowest BCUT2D eigenvalue weighted by Gasteiger charge is -2.33. The molecule has 0 aromatic rings. The van der Waals surface area contributed by atoms with Gasteiger partial charge in [0, 0.05) is 13.1 Å².